The van der Waals surface area contributed by atoms with Crippen molar-refractivity contribution < 1.29 is 14.0 Å². The summed E-state index contributed by atoms with van der Waals surface area (Å²) in [6, 6.07) is 11.5. The summed E-state index contributed by atoms with van der Waals surface area (Å²) < 4.78 is 14.0. The lowest BCUT2D eigenvalue weighted by molar-refractivity contribution is 0.0640. The molecule has 106 valence electrons. The maximum Gasteiger partial charge on any atom is 0.261 e. The van der Waals surface area contributed by atoms with Crippen LogP contribution >= 0.6 is 0 Å². The van der Waals surface area contributed by atoms with Gasteiger partial charge in [0, 0.05) is 5.56 Å². The molecule has 1 heterocycles. The molecule has 0 fully saturated rings. The van der Waals surface area contributed by atoms with Crippen molar-refractivity contribution >= 4 is 11.8 Å². The summed E-state index contributed by atoms with van der Waals surface area (Å²) in [6.45, 7) is 1.89. The molecule has 0 aliphatic carbocycles. The van der Waals surface area contributed by atoms with Crippen LogP contribution in [-0.4, -0.2) is 16.7 Å². The van der Waals surface area contributed by atoms with Crippen molar-refractivity contribution in [2.75, 3.05) is 0 Å². The van der Waals surface area contributed by atoms with Gasteiger partial charge >= 0.3 is 0 Å². The van der Waals surface area contributed by atoms with E-state index in [2.05, 4.69) is 0 Å². The topological polar surface area (TPSA) is 37.4 Å². The normalized spacial score (nSPS) is 13.7. The van der Waals surface area contributed by atoms with Crippen LogP contribution in [0.25, 0.3) is 0 Å². The summed E-state index contributed by atoms with van der Waals surface area (Å²) in [6.07, 6.45) is 0.649. The molecular weight excluding hydrogens is 269 g/mol. The predicted molar refractivity (Wildman–Crippen MR) is 76.4 cm³/mol. The molecule has 0 spiro atoms. The van der Waals surface area contributed by atoms with Gasteiger partial charge in [-0.1, -0.05) is 31.2 Å². The van der Waals surface area contributed by atoms with Gasteiger partial charge in [0.25, 0.3) is 11.8 Å². The minimum atomic E-state index is -0.383. The second-order valence-corrected chi connectivity index (χ2v) is 4.97. The molecule has 3 rings (SSSR count). The lowest BCUT2D eigenvalue weighted by Crippen LogP contribution is -2.30. The summed E-state index contributed by atoms with van der Waals surface area (Å²) in [4.78, 5) is 25.7. The van der Waals surface area contributed by atoms with Gasteiger partial charge in [0.1, 0.15) is 5.82 Å². The van der Waals surface area contributed by atoms with Crippen LogP contribution in [0.3, 0.4) is 0 Å². The quantitative estimate of drug-likeness (QED) is 0.811. The van der Waals surface area contributed by atoms with E-state index in [-0.39, 0.29) is 24.2 Å². The minimum Gasteiger partial charge on any atom is -0.270 e. The molecule has 0 saturated carbocycles. The average Bonchev–Trinajstić information content (AvgIpc) is 2.74. The van der Waals surface area contributed by atoms with E-state index < -0.39 is 0 Å². The molecule has 0 unspecified atom stereocenters. The Bertz CT molecular complexity index is 704. The Morgan fingerprint density at radius 2 is 1.57 bits per heavy atom. The average molecular weight is 283 g/mol. The molecule has 3 nitrogen and oxygen atoms in total. The first-order valence-electron chi connectivity index (χ1n) is 6.85. The first-order valence-corrected chi connectivity index (χ1v) is 6.85. The van der Waals surface area contributed by atoms with E-state index in [1.165, 1.54) is 6.07 Å². The third-order valence-electron chi connectivity index (χ3n) is 3.79. The smallest absolute Gasteiger partial charge is 0.261 e. The summed E-state index contributed by atoms with van der Waals surface area (Å²) in [5, 5.41) is 0. The molecule has 2 amide bonds. The fourth-order valence-electron chi connectivity index (χ4n) is 2.65. The highest BCUT2D eigenvalue weighted by atomic mass is 19.1. The van der Waals surface area contributed by atoms with Crippen LogP contribution in [0.1, 0.15) is 38.8 Å². The van der Waals surface area contributed by atoms with Crippen LogP contribution < -0.4 is 0 Å². The van der Waals surface area contributed by atoms with E-state index in [0.717, 1.165) is 10.5 Å². The Morgan fingerprint density at radius 1 is 0.952 bits per heavy atom. The van der Waals surface area contributed by atoms with Gasteiger partial charge in [-0.3, -0.25) is 14.5 Å². The van der Waals surface area contributed by atoms with Crippen molar-refractivity contribution in [3.63, 3.8) is 0 Å². The van der Waals surface area contributed by atoms with Gasteiger partial charge in [0.2, 0.25) is 0 Å². The highest BCUT2D eigenvalue weighted by molar-refractivity contribution is 6.21. The molecule has 0 aromatic heterocycles. The van der Waals surface area contributed by atoms with Crippen LogP contribution in [0, 0.1) is 5.82 Å². The SMILES string of the molecule is CCc1cccc(F)c1CN1C(=O)c2ccccc2C1=O. The molecule has 2 aromatic carbocycles. The van der Waals surface area contributed by atoms with Gasteiger partial charge in [-0.15, -0.1) is 0 Å². The van der Waals surface area contributed by atoms with E-state index in [9.17, 15) is 14.0 Å². The zero-order valence-corrected chi connectivity index (χ0v) is 11.6. The Balaban J connectivity index is 1.98. The molecule has 1 aliphatic rings. The van der Waals surface area contributed by atoms with E-state index in [0.29, 0.717) is 23.1 Å². The number of hydrogen-bond donors (Lipinski definition) is 0. The van der Waals surface area contributed by atoms with Gasteiger partial charge in [-0.2, -0.15) is 0 Å². The molecule has 4 heteroatoms. The summed E-state index contributed by atoms with van der Waals surface area (Å²) in [5.74, 6) is -1.10. The predicted octanol–water partition coefficient (Wildman–Crippen LogP) is 3.18. The van der Waals surface area contributed by atoms with E-state index in [1.54, 1.807) is 30.3 Å². The molecule has 0 atom stereocenters. The Labute approximate surface area is 122 Å². The second kappa shape index (κ2) is 5.13. The highest BCUT2D eigenvalue weighted by Gasteiger charge is 2.35. The number of benzene rings is 2. The third kappa shape index (κ3) is 2.13. The fourth-order valence-corrected chi connectivity index (χ4v) is 2.65. The van der Waals surface area contributed by atoms with Gasteiger partial charge in [0.15, 0.2) is 0 Å². The number of nitrogens with zero attached hydrogens (tertiary/aromatic N) is 1. The van der Waals surface area contributed by atoms with Crippen molar-refractivity contribution in [2.45, 2.75) is 19.9 Å². The second-order valence-electron chi connectivity index (χ2n) is 4.97. The number of carbonyl (C=O) groups excluding carboxylic acids is 2. The lowest BCUT2D eigenvalue weighted by atomic mass is 10.0. The highest BCUT2D eigenvalue weighted by Crippen LogP contribution is 2.26. The van der Waals surface area contributed by atoms with Gasteiger partial charge < -0.3 is 0 Å². The molecule has 21 heavy (non-hydrogen) atoms. The largest absolute Gasteiger partial charge is 0.270 e. The zero-order valence-electron chi connectivity index (χ0n) is 11.6. The van der Waals surface area contributed by atoms with E-state index in [1.807, 2.05) is 13.0 Å². The van der Waals surface area contributed by atoms with E-state index in [4.69, 9.17) is 0 Å². The standard InChI is InChI=1S/C17H14FNO2/c1-2-11-6-5-9-15(18)14(11)10-19-16(20)12-7-3-4-8-13(12)17(19)21/h3-9H,2,10H2,1H3. The third-order valence-corrected chi connectivity index (χ3v) is 3.79. The van der Waals surface area contributed by atoms with Crippen LogP contribution in [0.5, 0.6) is 0 Å². The lowest BCUT2D eigenvalue weighted by Gasteiger charge is -2.17. The number of aryl methyl sites for hydroxylation is 1. The Hall–Kier alpha value is -2.49. The van der Waals surface area contributed by atoms with Crippen molar-refractivity contribution in [1.29, 1.82) is 0 Å². The maximum absolute atomic E-state index is 14.0. The molecule has 1 aliphatic heterocycles. The summed E-state index contributed by atoms with van der Waals surface area (Å²) >= 11 is 0. The van der Waals surface area contributed by atoms with Gasteiger partial charge in [0.05, 0.1) is 17.7 Å². The maximum atomic E-state index is 14.0. The zero-order chi connectivity index (χ0) is 15.0. The number of fused-ring (bicyclic) bond motifs is 1. The van der Waals surface area contributed by atoms with Crippen molar-refractivity contribution in [3.8, 4) is 0 Å². The number of rotatable bonds is 3. The first kappa shape index (κ1) is 13.5. The van der Waals surface area contributed by atoms with Crippen LogP contribution in [0.15, 0.2) is 42.5 Å². The Morgan fingerprint density at radius 3 is 2.14 bits per heavy atom. The van der Waals surface area contributed by atoms with Crippen LogP contribution in [0.4, 0.5) is 4.39 Å². The number of amides is 2. The molecule has 0 bridgehead atoms. The van der Waals surface area contributed by atoms with Gasteiger partial charge in [-0.05, 0) is 30.2 Å². The molecular formula is C17H14FNO2. The van der Waals surface area contributed by atoms with Crippen molar-refractivity contribution in [1.82, 2.24) is 4.90 Å². The minimum absolute atomic E-state index is 0.0256. The number of hydrogen-bond acceptors (Lipinski definition) is 2. The molecule has 0 radical (unpaired) electrons. The van der Waals surface area contributed by atoms with E-state index >= 15 is 0 Å². The monoisotopic (exact) mass is 283 g/mol. The molecule has 0 saturated heterocycles. The number of halogens is 1. The molecule has 2 aromatic rings. The Kier molecular flexibility index (Phi) is 3.29. The number of carbonyl (C=O) groups is 2. The first-order chi connectivity index (χ1) is 10.1. The van der Waals surface area contributed by atoms with Crippen LogP contribution in [0.2, 0.25) is 0 Å². The summed E-state index contributed by atoms with van der Waals surface area (Å²) in [7, 11) is 0. The van der Waals surface area contributed by atoms with Crippen molar-refractivity contribution in [2.24, 2.45) is 0 Å². The van der Waals surface area contributed by atoms with Crippen molar-refractivity contribution in [3.05, 3.63) is 70.5 Å². The number of imide groups is 1. The van der Waals surface area contributed by atoms with Gasteiger partial charge in [-0.25, -0.2) is 4.39 Å². The fraction of sp³-hybridized carbons (Fsp3) is 0.176. The molecule has 0 N–H and O–H groups in total. The summed E-state index contributed by atoms with van der Waals surface area (Å²) in [5.41, 5.74) is 2.00. The van der Waals surface area contributed by atoms with Crippen LogP contribution in [-0.2, 0) is 13.0 Å².